The van der Waals surface area contributed by atoms with Gasteiger partial charge in [-0.15, -0.1) is 0 Å². The van der Waals surface area contributed by atoms with E-state index in [1.54, 1.807) is 16.7 Å². The van der Waals surface area contributed by atoms with E-state index in [4.69, 9.17) is 0 Å². The Morgan fingerprint density at radius 2 is 2.00 bits per heavy atom. The lowest BCUT2D eigenvalue weighted by Crippen LogP contribution is -2.12. The van der Waals surface area contributed by atoms with Crippen LogP contribution in [0.2, 0.25) is 0 Å². The molecule has 0 N–H and O–H groups in total. The summed E-state index contributed by atoms with van der Waals surface area (Å²) in [5.41, 5.74) is 6.31. The molecule has 0 aliphatic heterocycles. The van der Waals surface area contributed by atoms with Crippen LogP contribution >= 0.6 is 0 Å². The summed E-state index contributed by atoms with van der Waals surface area (Å²) in [4.78, 5) is 0. The second-order valence-electron chi connectivity index (χ2n) is 4.94. The van der Waals surface area contributed by atoms with Gasteiger partial charge in [-0.25, -0.2) is 0 Å². The molecular formula is C15H18. The SMILES string of the molecule is Cc1cccc(C2CCC2)c1C1=CCC1. The molecule has 0 atom stereocenters. The van der Waals surface area contributed by atoms with E-state index in [2.05, 4.69) is 31.2 Å². The maximum absolute atomic E-state index is 2.41. The van der Waals surface area contributed by atoms with Crippen LogP contribution in [-0.2, 0) is 0 Å². The van der Waals surface area contributed by atoms with Crippen LogP contribution < -0.4 is 0 Å². The topological polar surface area (TPSA) is 0 Å². The Labute approximate surface area is 92.0 Å². The lowest BCUT2D eigenvalue weighted by atomic mass is 9.74. The molecule has 0 heterocycles. The first kappa shape index (κ1) is 9.21. The van der Waals surface area contributed by atoms with Crippen LogP contribution in [0.3, 0.4) is 0 Å². The van der Waals surface area contributed by atoms with E-state index in [1.807, 2.05) is 0 Å². The van der Waals surface area contributed by atoms with E-state index < -0.39 is 0 Å². The van der Waals surface area contributed by atoms with E-state index >= 15 is 0 Å². The first-order chi connectivity index (χ1) is 7.36. The Bertz CT molecular complexity index is 408. The maximum atomic E-state index is 2.41. The van der Waals surface area contributed by atoms with Crippen molar-refractivity contribution in [2.24, 2.45) is 0 Å². The largest absolute Gasteiger partial charge is 0.0804 e. The molecule has 0 amide bonds. The molecule has 1 aromatic rings. The highest BCUT2D eigenvalue weighted by Crippen LogP contribution is 2.43. The van der Waals surface area contributed by atoms with Gasteiger partial charge in [0.05, 0.1) is 0 Å². The zero-order valence-corrected chi connectivity index (χ0v) is 9.42. The van der Waals surface area contributed by atoms with Gasteiger partial charge >= 0.3 is 0 Å². The van der Waals surface area contributed by atoms with E-state index in [0.717, 1.165) is 5.92 Å². The highest BCUT2D eigenvalue weighted by molar-refractivity contribution is 5.75. The molecular weight excluding hydrogens is 180 g/mol. The first-order valence-electron chi connectivity index (χ1n) is 6.15. The molecule has 0 unspecified atom stereocenters. The molecule has 0 saturated heterocycles. The molecule has 0 bridgehead atoms. The molecule has 0 heteroatoms. The van der Waals surface area contributed by atoms with Crippen molar-refractivity contribution in [2.45, 2.75) is 44.9 Å². The van der Waals surface area contributed by atoms with Crippen LogP contribution in [0.15, 0.2) is 24.3 Å². The van der Waals surface area contributed by atoms with Gasteiger partial charge in [-0.05, 0) is 60.8 Å². The van der Waals surface area contributed by atoms with Crippen molar-refractivity contribution < 1.29 is 0 Å². The third-order valence-corrected chi connectivity index (χ3v) is 3.98. The Kier molecular flexibility index (Phi) is 2.16. The van der Waals surface area contributed by atoms with Crippen molar-refractivity contribution in [1.29, 1.82) is 0 Å². The second-order valence-corrected chi connectivity index (χ2v) is 4.94. The Balaban J connectivity index is 2.07. The molecule has 3 rings (SSSR count). The highest BCUT2D eigenvalue weighted by Gasteiger charge is 2.24. The summed E-state index contributed by atoms with van der Waals surface area (Å²) < 4.78 is 0. The van der Waals surface area contributed by atoms with Gasteiger partial charge in [0, 0.05) is 0 Å². The average molecular weight is 198 g/mol. The van der Waals surface area contributed by atoms with E-state index in [-0.39, 0.29) is 0 Å². The summed E-state index contributed by atoms with van der Waals surface area (Å²) in [5.74, 6) is 0.862. The van der Waals surface area contributed by atoms with Gasteiger partial charge in [0.15, 0.2) is 0 Å². The van der Waals surface area contributed by atoms with Gasteiger partial charge in [0.1, 0.15) is 0 Å². The van der Waals surface area contributed by atoms with Crippen molar-refractivity contribution in [3.05, 3.63) is 41.0 Å². The first-order valence-corrected chi connectivity index (χ1v) is 6.15. The second kappa shape index (κ2) is 3.52. The van der Waals surface area contributed by atoms with Gasteiger partial charge in [-0.1, -0.05) is 30.7 Å². The monoisotopic (exact) mass is 198 g/mol. The van der Waals surface area contributed by atoms with Crippen LogP contribution in [0.5, 0.6) is 0 Å². The molecule has 0 radical (unpaired) electrons. The fourth-order valence-electron chi connectivity index (χ4n) is 2.70. The quantitative estimate of drug-likeness (QED) is 0.659. The molecule has 2 aliphatic carbocycles. The minimum Gasteiger partial charge on any atom is -0.0804 e. The number of allylic oxidation sites excluding steroid dienone is 2. The number of rotatable bonds is 2. The van der Waals surface area contributed by atoms with Gasteiger partial charge < -0.3 is 0 Å². The highest BCUT2D eigenvalue weighted by atomic mass is 14.3. The molecule has 15 heavy (non-hydrogen) atoms. The summed E-state index contributed by atoms with van der Waals surface area (Å²) in [7, 11) is 0. The zero-order chi connectivity index (χ0) is 10.3. The Morgan fingerprint density at radius 1 is 1.20 bits per heavy atom. The number of aryl methyl sites for hydroxylation is 1. The van der Waals surface area contributed by atoms with Crippen LogP contribution in [0.1, 0.15) is 54.7 Å². The Hall–Kier alpha value is -1.04. The third-order valence-electron chi connectivity index (χ3n) is 3.98. The number of hydrogen-bond donors (Lipinski definition) is 0. The fourth-order valence-corrected chi connectivity index (χ4v) is 2.70. The average Bonchev–Trinajstić information content (AvgIpc) is 2.04. The fraction of sp³-hybridized carbons (Fsp3) is 0.467. The van der Waals surface area contributed by atoms with E-state index in [0.29, 0.717) is 0 Å². The van der Waals surface area contributed by atoms with E-state index in [9.17, 15) is 0 Å². The summed E-state index contributed by atoms with van der Waals surface area (Å²) in [6.45, 7) is 2.26. The molecule has 1 fully saturated rings. The number of hydrogen-bond acceptors (Lipinski definition) is 0. The van der Waals surface area contributed by atoms with Crippen molar-refractivity contribution in [3.8, 4) is 0 Å². The molecule has 1 aromatic carbocycles. The van der Waals surface area contributed by atoms with Crippen LogP contribution in [-0.4, -0.2) is 0 Å². The summed E-state index contributed by atoms with van der Waals surface area (Å²) in [6.07, 6.45) is 9.23. The molecule has 0 spiro atoms. The van der Waals surface area contributed by atoms with E-state index in [1.165, 1.54) is 37.7 Å². The normalized spacial score (nSPS) is 20.5. The van der Waals surface area contributed by atoms with Gasteiger partial charge in [0.2, 0.25) is 0 Å². The third kappa shape index (κ3) is 1.43. The Morgan fingerprint density at radius 3 is 2.53 bits per heavy atom. The van der Waals surface area contributed by atoms with Crippen molar-refractivity contribution in [3.63, 3.8) is 0 Å². The van der Waals surface area contributed by atoms with Crippen LogP contribution in [0, 0.1) is 6.92 Å². The van der Waals surface area contributed by atoms with Crippen molar-refractivity contribution >= 4 is 5.57 Å². The van der Waals surface area contributed by atoms with Gasteiger partial charge in [-0.2, -0.15) is 0 Å². The lowest BCUT2D eigenvalue weighted by molar-refractivity contribution is 0.419. The molecule has 0 aromatic heterocycles. The summed E-state index contributed by atoms with van der Waals surface area (Å²) in [5, 5.41) is 0. The predicted molar refractivity (Wildman–Crippen MR) is 65.0 cm³/mol. The minimum absolute atomic E-state index is 0.862. The standard InChI is InChI=1S/C15H18/c1-11-5-2-10-14(12-6-3-7-12)15(11)13-8-4-9-13/h2,5,8,10,12H,3-4,6-7,9H2,1H3. The smallest absolute Gasteiger partial charge is 0.0156 e. The van der Waals surface area contributed by atoms with Crippen molar-refractivity contribution in [2.75, 3.05) is 0 Å². The molecule has 1 saturated carbocycles. The molecule has 78 valence electrons. The predicted octanol–water partition coefficient (Wildman–Crippen LogP) is 4.44. The summed E-state index contributed by atoms with van der Waals surface area (Å²) in [6, 6.07) is 6.84. The van der Waals surface area contributed by atoms with Crippen molar-refractivity contribution in [1.82, 2.24) is 0 Å². The molecule has 2 aliphatic rings. The summed E-state index contributed by atoms with van der Waals surface area (Å²) >= 11 is 0. The number of benzene rings is 1. The van der Waals surface area contributed by atoms with Crippen LogP contribution in [0.25, 0.3) is 5.57 Å². The van der Waals surface area contributed by atoms with Gasteiger partial charge in [0.25, 0.3) is 0 Å². The molecule has 0 nitrogen and oxygen atoms in total. The maximum Gasteiger partial charge on any atom is -0.0156 e. The lowest BCUT2D eigenvalue weighted by Gasteiger charge is -2.31. The minimum atomic E-state index is 0.862. The van der Waals surface area contributed by atoms with Gasteiger partial charge in [-0.3, -0.25) is 0 Å². The van der Waals surface area contributed by atoms with Crippen LogP contribution in [0.4, 0.5) is 0 Å². The zero-order valence-electron chi connectivity index (χ0n) is 9.42.